The number of ether oxygens (including phenoxy) is 4. The van der Waals surface area contributed by atoms with Gasteiger partial charge in [0.05, 0.1) is 37.6 Å². The molecule has 0 unspecified atom stereocenters. The van der Waals surface area contributed by atoms with Crippen LogP contribution in [0.3, 0.4) is 0 Å². The van der Waals surface area contributed by atoms with Gasteiger partial charge < -0.3 is 29.2 Å². The lowest BCUT2D eigenvalue weighted by Crippen LogP contribution is -2.15. The smallest absolute Gasteiger partial charge is 0.338 e. The van der Waals surface area contributed by atoms with Crippen LogP contribution in [0.15, 0.2) is 24.3 Å². The number of hydrogen-bond acceptors (Lipinski definition) is 8. The number of aliphatic carboxylic acids is 1. The van der Waals surface area contributed by atoms with E-state index in [-0.39, 0.29) is 56.6 Å². The number of carbonyl (C=O) groups excluding carboxylic acids is 2. The molecule has 33 heavy (non-hydrogen) atoms. The third kappa shape index (κ3) is 14.7. The minimum Gasteiger partial charge on any atom is -0.481 e. The Morgan fingerprint density at radius 1 is 0.667 bits per heavy atom. The number of aromatic carboxylic acids is 1. The molecular weight excluding hydrogens is 436 g/mol. The second kappa shape index (κ2) is 17.6. The maximum Gasteiger partial charge on any atom is 0.338 e. The van der Waals surface area contributed by atoms with Gasteiger partial charge in [0.25, 0.3) is 0 Å². The molecule has 0 aliphatic heterocycles. The average Bonchev–Trinajstić information content (AvgIpc) is 2.79. The molecule has 0 aromatic heterocycles. The van der Waals surface area contributed by atoms with Crippen LogP contribution in [0.5, 0.6) is 0 Å². The molecule has 1 aromatic rings. The number of rotatable bonds is 19. The highest BCUT2D eigenvalue weighted by molar-refractivity contribution is 5.94. The van der Waals surface area contributed by atoms with Gasteiger partial charge in [0.2, 0.25) is 0 Å². The summed E-state index contributed by atoms with van der Waals surface area (Å²) in [6.45, 7) is 1.17. The Hall–Kier alpha value is -2.98. The second-order valence-corrected chi connectivity index (χ2v) is 7.13. The lowest BCUT2D eigenvalue weighted by molar-refractivity contribution is -0.145. The molecule has 2 N–H and O–H groups in total. The molecule has 0 aliphatic carbocycles. The van der Waals surface area contributed by atoms with Crippen molar-refractivity contribution in [1.82, 2.24) is 0 Å². The predicted molar refractivity (Wildman–Crippen MR) is 116 cm³/mol. The highest BCUT2D eigenvalue weighted by Gasteiger charge is 2.10. The summed E-state index contributed by atoms with van der Waals surface area (Å²) >= 11 is 0. The van der Waals surface area contributed by atoms with E-state index >= 15 is 0 Å². The molecule has 1 rings (SSSR count). The van der Waals surface area contributed by atoms with Crippen LogP contribution in [0.4, 0.5) is 0 Å². The molecule has 0 aliphatic rings. The Kier molecular flexibility index (Phi) is 14.9. The summed E-state index contributed by atoms with van der Waals surface area (Å²) in [7, 11) is 0. The molecule has 0 spiro atoms. The minimum absolute atomic E-state index is 0.00786. The number of benzene rings is 1. The molecule has 0 atom stereocenters. The van der Waals surface area contributed by atoms with Crippen molar-refractivity contribution in [2.75, 3.05) is 39.6 Å². The van der Waals surface area contributed by atoms with Crippen molar-refractivity contribution in [2.45, 2.75) is 44.9 Å². The van der Waals surface area contributed by atoms with Crippen molar-refractivity contribution >= 4 is 23.9 Å². The lowest BCUT2D eigenvalue weighted by atomic mass is 10.1. The molecule has 10 nitrogen and oxygen atoms in total. The fourth-order valence-electron chi connectivity index (χ4n) is 2.74. The van der Waals surface area contributed by atoms with Crippen LogP contribution in [-0.4, -0.2) is 73.7 Å². The third-order valence-electron chi connectivity index (χ3n) is 4.44. The monoisotopic (exact) mass is 468 g/mol. The second-order valence-electron chi connectivity index (χ2n) is 7.13. The normalized spacial score (nSPS) is 10.5. The lowest BCUT2D eigenvalue weighted by Gasteiger charge is -2.08. The minimum atomic E-state index is -1.12. The van der Waals surface area contributed by atoms with Crippen LogP contribution < -0.4 is 0 Å². The summed E-state index contributed by atoms with van der Waals surface area (Å²) in [5.74, 6) is -2.81. The summed E-state index contributed by atoms with van der Waals surface area (Å²) in [5, 5.41) is 17.5. The van der Waals surface area contributed by atoms with E-state index in [1.807, 2.05) is 0 Å². The topological polar surface area (TPSA) is 146 Å². The fraction of sp³-hybridized carbons (Fsp3) is 0.565. The Balaban J connectivity index is 1.91. The van der Waals surface area contributed by atoms with Gasteiger partial charge in [-0.05, 0) is 31.0 Å². The van der Waals surface area contributed by atoms with Gasteiger partial charge in [-0.1, -0.05) is 25.3 Å². The van der Waals surface area contributed by atoms with E-state index in [0.29, 0.717) is 19.4 Å². The summed E-state index contributed by atoms with van der Waals surface area (Å²) in [6, 6.07) is 5.58. The molecule has 184 valence electrons. The number of carboxylic acids is 2. The highest BCUT2D eigenvalue weighted by Crippen LogP contribution is 2.08. The molecule has 0 amide bonds. The number of unbranched alkanes of at least 4 members (excludes halogenated alkanes) is 4. The van der Waals surface area contributed by atoms with E-state index in [2.05, 4.69) is 0 Å². The first-order chi connectivity index (χ1) is 15.9. The average molecular weight is 468 g/mol. The Morgan fingerprint density at radius 2 is 1.21 bits per heavy atom. The summed E-state index contributed by atoms with van der Waals surface area (Å²) in [4.78, 5) is 44.8. The zero-order valence-corrected chi connectivity index (χ0v) is 18.7. The van der Waals surface area contributed by atoms with E-state index in [0.717, 1.165) is 25.7 Å². The van der Waals surface area contributed by atoms with E-state index in [4.69, 9.17) is 29.2 Å². The van der Waals surface area contributed by atoms with Crippen LogP contribution in [0.2, 0.25) is 0 Å². The van der Waals surface area contributed by atoms with Crippen molar-refractivity contribution in [3.63, 3.8) is 0 Å². The summed E-state index contributed by atoms with van der Waals surface area (Å²) in [5.41, 5.74) is 0.164. The molecule has 0 saturated heterocycles. The van der Waals surface area contributed by atoms with E-state index in [1.54, 1.807) is 0 Å². The van der Waals surface area contributed by atoms with E-state index in [1.165, 1.54) is 24.3 Å². The number of carbonyl (C=O) groups is 4. The zero-order valence-electron chi connectivity index (χ0n) is 18.7. The van der Waals surface area contributed by atoms with Crippen LogP contribution in [0.1, 0.15) is 65.7 Å². The molecular formula is C23H32O10. The molecule has 0 saturated carbocycles. The molecule has 1 aromatic carbocycles. The zero-order chi connectivity index (χ0) is 24.3. The standard InChI is InChI=1S/C23H32O10/c24-20(25)9-4-2-1-3-5-10-21(26)32-15-13-30-11-12-31-14-16-33-23(29)19-8-6-7-18(17-19)22(27)28/h6-8,17H,1-5,9-16H2,(H,24,25)(H,27,28). The number of carboxylic acid groups (broad SMARTS) is 2. The maximum atomic E-state index is 11.9. The first kappa shape index (κ1) is 28.1. The van der Waals surface area contributed by atoms with Crippen molar-refractivity contribution in [3.8, 4) is 0 Å². The molecule has 0 bridgehead atoms. The summed E-state index contributed by atoms with van der Waals surface area (Å²) in [6.07, 6.45) is 4.52. The molecule has 0 fully saturated rings. The molecule has 10 heteroatoms. The Morgan fingerprint density at radius 3 is 1.85 bits per heavy atom. The van der Waals surface area contributed by atoms with Gasteiger partial charge in [0.15, 0.2) is 0 Å². The highest BCUT2D eigenvalue weighted by atomic mass is 16.6. The quantitative estimate of drug-likeness (QED) is 0.229. The van der Waals surface area contributed by atoms with Gasteiger partial charge in [-0.2, -0.15) is 0 Å². The van der Waals surface area contributed by atoms with Crippen LogP contribution >= 0.6 is 0 Å². The van der Waals surface area contributed by atoms with Gasteiger partial charge in [-0.3, -0.25) is 9.59 Å². The van der Waals surface area contributed by atoms with Gasteiger partial charge in [0, 0.05) is 12.8 Å². The molecule has 0 heterocycles. The van der Waals surface area contributed by atoms with Crippen molar-refractivity contribution in [2.24, 2.45) is 0 Å². The Bertz CT molecular complexity index is 747. The van der Waals surface area contributed by atoms with Crippen molar-refractivity contribution < 1.29 is 48.3 Å². The van der Waals surface area contributed by atoms with E-state index < -0.39 is 17.9 Å². The Labute approximate surface area is 192 Å². The third-order valence-corrected chi connectivity index (χ3v) is 4.44. The first-order valence-corrected chi connectivity index (χ1v) is 10.9. The van der Waals surface area contributed by atoms with Gasteiger partial charge >= 0.3 is 23.9 Å². The predicted octanol–water partition coefficient (Wildman–Crippen LogP) is 2.93. The molecule has 0 radical (unpaired) electrons. The maximum absolute atomic E-state index is 11.9. The van der Waals surface area contributed by atoms with E-state index in [9.17, 15) is 19.2 Å². The SMILES string of the molecule is O=C(O)CCCCCCCC(=O)OCCOCCOCCOC(=O)c1cccc(C(=O)O)c1. The first-order valence-electron chi connectivity index (χ1n) is 10.9. The van der Waals surface area contributed by atoms with Crippen LogP contribution in [0.25, 0.3) is 0 Å². The van der Waals surface area contributed by atoms with Gasteiger partial charge in [0.1, 0.15) is 13.2 Å². The number of esters is 2. The van der Waals surface area contributed by atoms with Crippen molar-refractivity contribution in [1.29, 1.82) is 0 Å². The summed E-state index contributed by atoms with van der Waals surface area (Å²) < 4.78 is 20.7. The fourth-order valence-corrected chi connectivity index (χ4v) is 2.74. The van der Waals surface area contributed by atoms with Crippen LogP contribution in [-0.2, 0) is 28.5 Å². The van der Waals surface area contributed by atoms with Gasteiger partial charge in [-0.15, -0.1) is 0 Å². The number of hydrogen-bond donors (Lipinski definition) is 2. The largest absolute Gasteiger partial charge is 0.481 e. The van der Waals surface area contributed by atoms with Gasteiger partial charge in [-0.25, -0.2) is 9.59 Å². The van der Waals surface area contributed by atoms with Crippen molar-refractivity contribution in [3.05, 3.63) is 35.4 Å². The van der Waals surface area contributed by atoms with Crippen LogP contribution in [0, 0.1) is 0 Å².